The largest absolute Gasteiger partial charge is 0.367 e. The zero-order valence-corrected chi connectivity index (χ0v) is 36.9. The summed E-state index contributed by atoms with van der Waals surface area (Å²) in [6.45, 7) is 6.13. The molecule has 0 spiro atoms. The topological polar surface area (TPSA) is 137 Å². The van der Waals surface area contributed by atoms with Crippen molar-refractivity contribution in [2.45, 2.75) is 115 Å². The predicted molar refractivity (Wildman–Crippen MR) is 231 cm³/mol. The van der Waals surface area contributed by atoms with Crippen LogP contribution in [0.2, 0.25) is 5.15 Å². The quantitative estimate of drug-likeness (QED) is 0.211. The molecule has 8 rings (SSSR count). The molecule has 6 heterocycles. The second kappa shape index (κ2) is 20.3. The van der Waals surface area contributed by atoms with E-state index in [0.717, 1.165) is 63.8 Å². The maximum absolute atomic E-state index is 11.8. The Balaban J connectivity index is 0.000000200. The number of rotatable bonds is 4. The standard InChI is InChI=1S/C19H27N5OS.C11H10ClN3OS.C8H18N2.2ClH/c1-12(25)24-9-8-16-15(10-24)17-18(20-11-21-19(17)26-16)22-13-4-6-14(7-5-13)23(2)3;1-6(16)15-3-2-8-7(4-15)9-10(12)13-5-14-11(9)17-8;1-10(2)8-5-3-7(9)4-6-8;;/h11,13-14H,4-10H2,1-3H3,(H,20,21,22);5H,2-4H2,1H3;7-8H,3-6,9H2,1-2H3;2*1H. The number of carbonyl (C=O) groups excluding carboxylic acids is 2. The van der Waals surface area contributed by atoms with E-state index in [1.807, 2.05) is 9.80 Å². The van der Waals surface area contributed by atoms with Gasteiger partial charge in [-0.2, -0.15) is 0 Å². The van der Waals surface area contributed by atoms with Gasteiger partial charge in [-0.25, -0.2) is 19.9 Å². The van der Waals surface area contributed by atoms with Crippen LogP contribution in [0.5, 0.6) is 0 Å². The Kier molecular flexibility index (Phi) is 16.7. The van der Waals surface area contributed by atoms with E-state index in [0.29, 0.717) is 36.4 Å². The Morgan fingerprint density at radius 2 is 1.18 bits per heavy atom. The van der Waals surface area contributed by atoms with Gasteiger partial charge in [-0.3, -0.25) is 9.59 Å². The maximum Gasteiger partial charge on any atom is 0.219 e. The summed E-state index contributed by atoms with van der Waals surface area (Å²) in [5.74, 6) is 1.19. The van der Waals surface area contributed by atoms with Gasteiger partial charge in [0, 0.05) is 73.9 Å². The van der Waals surface area contributed by atoms with Gasteiger partial charge >= 0.3 is 0 Å². The number of aromatic nitrogens is 4. The Morgan fingerprint density at radius 3 is 1.67 bits per heavy atom. The van der Waals surface area contributed by atoms with Crippen LogP contribution in [0.4, 0.5) is 5.82 Å². The molecule has 2 aliphatic carbocycles. The van der Waals surface area contributed by atoms with Gasteiger partial charge in [-0.05, 0) is 104 Å². The molecule has 55 heavy (non-hydrogen) atoms. The van der Waals surface area contributed by atoms with Crippen molar-refractivity contribution in [3.05, 3.63) is 38.7 Å². The van der Waals surface area contributed by atoms with Crippen molar-refractivity contribution in [3.8, 4) is 0 Å². The predicted octanol–water partition coefficient (Wildman–Crippen LogP) is 6.79. The van der Waals surface area contributed by atoms with Gasteiger partial charge < -0.3 is 30.7 Å². The van der Waals surface area contributed by atoms with Crippen LogP contribution in [0.1, 0.15) is 86.1 Å². The third-order valence-electron chi connectivity index (χ3n) is 11.3. The van der Waals surface area contributed by atoms with Gasteiger partial charge in [0.2, 0.25) is 11.8 Å². The number of hydrogen-bond acceptors (Lipinski definition) is 12. The van der Waals surface area contributed by atoms with E-state index in [4.69, 9.17) is 17.3 Å². The van der Waals surface area contributed by atoms with Crippen molar-refractivity contribution in [3.63, 3.8) is 0 Å². The van der Waals surface area contributed by atoms with Crippen LogP contribution in [0.25, 0.3) is 20.4 Å². The highest BCUT2D eigenvalue weighted by atomic mass is 35.5. The fraction of sp³-hybridized carbons (Fsp3) is 0.632. The third-order valence-corrected chi connectivity index (χ3v) is 14.0. The summed E-state index contributed by atoms with van der Waals surface area (Å²) in [6.07, 6.45) is 14.7. The molecule has 2 fully saturated rings. The Morgan fingerprint density at radius 1 is 0.727 bits per heavy atom. The first kappa shape index (κ1) is 45.3. The van der Waals surface area contributed by atoms with Crippen LogP contribution in [0, 0.1) is 0 Å². The molecule has 4 aliphatic rings. The number of nitrogens with two attached hydrogens (primary N) is 1. The smallest absolute Gasteiger partial charge is 0.219 e. The SMILES string of the molecule is CC(=O)N1CCc2sc3ncnc(Cl)c3c2C1.CC(=O)N1CCc2sc3ncnc(NC4CCC(N(C)C)CC4)c3c2C1.CN(C)C1CCC(N)CC1.Cl.Cl. The lowest BCUT2D eigenvalue weighted by Crippen LogP contribution is -2.36. The van der Waals surface area contributed by atoms with Crippen LogP contribution in [0.15, 0.2) is 12.7 Å². The second-order valence-electron chi connectivity index (χ2n) is 15.3. The Labute approximate surface area is 350 Å². The van der Waals surface area contributed by atoms with Crippen molar-refractivity contribution in [1.29, 1.82) is 0 Å². The van der Waals surface area contributed by atoms with E-state index in [1.54, 1.807) is 42.8 Å². The highest BCUT2D eigenvalue weighted by molar-refractivity contribution is 7.19. The molecule has 12 nitrogen and oxygen atoms in total. The third kappa shape index (κ3) is 11.0. The summed E-state index contributed by atoms with van der Waals surface area (Å²) in [7, 11) is 8.65. The fourth-order valence-corrected chi connectivity index (χ4v) is 10.6. The van der Waals surface area contributed by atoms with E-state index < -0.39 is 0 Å². The van der Waals surface area contributed by atoms with Gasteiger partial charge in [0.15, 0.2) is 0 Å². The summed E-state index contributed by atoms with van der Waals surface area (Å²) in [5, 5.41) is 6.23. The molecular formula is C38H57Cl3N10O2S2. The number of hydrogen-bond donors (Lipinski definition) is 2. The Bertz CT molecular complexity index is 1890. The van der Waals surface area contributed by atoms with Crippen molar-refractivity contribution < 1.29 is 9.59 Å². The van der Waals surface area contributed by atoms with Crippen molar-refractivity contribution >= 4 is 97.2 Å². The maximum atomic E-state index is 11.8. The minimum Gasteiger partial charge on any atom is -0.367 e. The molecule has 3 N–H and O–H groups in total. The normalized spacial score (nSPS) is 22.0. The van der Waals surface area contributed by atoms with Gasteiger partial charge in [0.05, 0.1) is 10.8 Å². The van der Waals surface area contributed by atoms with Crippen molar-refractivity contribution in [1.82, 2.24) is 39.5 Å². The molecule has 2 amide bonds. The van der Waals surface area contributed by atoms with Crippen molar-refractivity contribution in [2.24, 2.45) is 5.73 Å². The van der Waals surface area contributed by atoms with E-state index in [9.17, 15) is 9.59 Å². The average molecular weight is 856 g/mol. The molecule has 0 unspecified atom stereocenters. The molecule has 17 heteroatoms. The molecule has 2 aliphatic heterocycles. The summed E-state index contributed by atoms with van der Waals surface area (Å²) in [5.41, 5.74) is 8.15. The lowest BCUT2D eigenvalue weighted by atomic mass is 9.90. The zero-order valence-electron chi connectivity index (χ0n) is 32.8. The van der Waals surface area contributed by atoms with Crippen LogP contribution in [-0.2, 0) is 35.5 Å². The molecule has 0 atom stereocenters. The number of thiophene rings is 2. The number of nitrogens with one attached hydrogen (secondary N) is 1. The molecule has 0 saturated heterocycles. The molecule has 0 aromatic carbocycles. The highest BCUT2D eigenvalue weighted by Gasteiger charge is 2.28. The Hall–Kier alpha value is -2.43. The van der Waals surface area contributed by atoms with Crippen LogP contribution in [-0.4, -0.2) is 117 Å². The number of amides is 2. The number of nitrogens with zero attached hydrogens (tertiary/aromatic N) is 8. The van der Waals surface area contributed by atoms with E-state index in [-0.39, 0.29) is 36.6 Å². The summed E-state index contributed by atoms with van der Waals surface area (Å²) in [6, 6.07) is 2.43. The van der Waals surface area contributed by atoms with Crippen LogP contribution >= 0.6 is 59.1 Å². The highest BCUT2D eigenvalue weighted by Crippen LogP contribution is 2.39. The number of anilines is 1. The van der Waals surface area contributed by atoms with Gasteiger partial charge in [0.1, 0.15) is 33.3 Å². The van der Waals surface area contributed by atoms with E-state index >= 15 is 0 Å². The first-order chi connectivity index (χ1) is 25.4. The second-order valence-corrected chi connectivity index (χ2v) is 17.8. The number of fused-ring (bicyclic) bond motifs is 6. The minimum absolute atomic E-state index is 0. The molecule has 4 aromatic rings. The molecular weight excluding hydrogens is 799 g/mol. The van der Waals surface area contributed by atoms with Crippen molar-refractivity contribution in [2.75, 3.05) is 46.6 Å². The van der Waals surface area contributed by atoms with E-state index in [2.05, 4.69) is 63.2 Å². The summed E-state index contributed by atoms with van der Waals surface area (Å²) in [4.78, 5) is 53.6. The summed E-state index contributed by atoms with van der Waals surface area (Å²) >= 11 is 9.53. The summed E-state index contributed by atoms with van der Waals surface area (Å²) < 4.78 is 0. The molecule has 4 aromatic heterocycles. The molecule has 2 saturated carbocycles. The molecule has 0 radical (unpaired) electrons. The molecule has 304 valence electrons. The van der Waals surface area contributed by atoms with E-state index in [1.165, 1.54) is 73.0 Å². The van der Waals surface area contributed by atoms with Gasteiger partial charge in [-0.15, -0.1) is 47.5 Å². The average Bonchev–Trinajstić information content (AvgIpc) is 3.71. The first-order valence-electron chi connectivity index (χ1n) is 18.9. The lowest BCUT2D eigenvalue weighted by Gasteiger charge is -2.33. The number of halogens is 3. The number of carbonyl (C=O) groups is 2. The van der Waals surface area contributed by atoms with Crippen LogP contribution in [0.3, 0.4) is 0 Å². The fourth-order valence-electron chi connectivity index (χ4n) is 7.98. The van der Waals surface area contributed by atoms with Crippen LogP contribution < -0.4 is 11.1 Å². The minimum atomic E-state index is 0. The zero-order chi connectivity index (χ0) is 37.8. The molecule has 0 bridgehead atoms. The monoisotopic (exact) mass is 854 g/mol. The van der Waals surface area contributed by atoms with Gasteiger partial charge in [-0.1, -0.05) is 11.6 Å². The lowest BCUT2D eigenvalue weighted by molar-refractivity contribution is -0.130. The van der Waals surface area contributed by atoms with Gasteiger partial charge in [0.25, 0.3) is 0 Å². The first-order valence-corrected chi connectivity index (χ1v) is 20.9.